The van der Waals surface area contributed by atoms with Gasteiger partial charge in [-0.2, -0.15) is 4.39 Å². The molecule has 2 N–H and O–H groups in total. The lowest BCUT2D eigenvalue weighted by atomic mass is 10.2. The zero-order valence-corrected chi connectivity index (χ0v) is 10.6. The molecule has 0 saturated heterocycles. The van der Waals surface area contributed by atoms with Crippen LogP contribution in [0.5, 0.6) is 5.75 Å². The van der Waals surface area contributed by atoms with Crippen molar-refractivity contribution in [2.45, 2.75) is 13.2 Å². The topological polar surface area (TPSA) is 78.4 Å². The van der Waals surface area contributed by atoms with E-state index < -0.39 is 16.4 Å². The fraction of sp³-hybridized carbons (Fsp3) is 0.143. The van der Waals surface area contributed by atoms with Crippen molar-refractivity contribution in [2.24, 2.45) is 5.73 Å². The van der Waals surface area contributed by atoms with Crippen molar-refractivity contribution in [2.75, 3.05) is 0 Å². The molecule has 0 radical (unpaired) electrons. The van der Waals surface area contributed by atoms with Crippen LogP contribution in [0.1, 0.15) is 11.1 Å². The second-order valence-corrected chi connectivity index (χ2v) is 4.14. The maximum absolute atomic E-state index is 13.8. The van der Waals surface area contributed by atoms with Gasteiger partial charge in [-0.15, -0.1) is 0 Å². The van der Waals surface area contributed by atoms with Gasteiger partial charge in [-0.25, -0.2) is 0 Å². The predicted octanol–water partition coefficient (Wildman–Crippen LogP) is 2.77. The van der Waals surface area contributed by atoms with Crippen LogP contribution in [-0.4, -0.2) is 4.92 Å². The molecule has 0 aliphatic heterocycles. The van der Waals surface area contributed by atoms with E-state index in [1.807, 2.05) is 0 Å². The summed E-state index contributed by atoms with van der Waals surface area (Å²) in [6.45, 7) is 0.356. The lowest BCUT2D eigenvalue weighted by molar-refractivity contribution is -0.387. The van der Waals surface area contributed by atoms with E-state index in [-0.39, 0.29) is 12.2 Å². The highest BCUT2D eigenvalue weighted by molar-refractivity contribution is 5.37. The van der Waals surface area contributed by atoms with Gasteiger partial charge < -0.3 is 10.5 Å². The van der Waals surface area contributed by atoms with Crippen LogP contribution in [0.25, 0.3) is 0 Å². The highest BCUT2D eigenvalue weighted by atomic mass is 19.1. The lowest BCUT2D eigenvalue weighted by Gasteiger charge is -2.07. The van der Waals surface area contributed by atoms with Crippen molar-refractivity contribution in [1.29, 1.82) is 0 Å². The second-order valence-electron chi connectivity index (χ2n) is 4.14. The largest absolute Gasteiger partial charge is 0.489 e. The first-order valence-electron chi connectivity index (χ1n) is 5.95. The zero-order valence-electron chi connectivity index (χ0n) is 10.6. The van der Waals surface area contributed by atoms with Crippen molar-refractivity contribution in [3.8, 4) is 5.75 Å². The standard InChI is InChI=1S/C14H13FN2O3/c15-14-11(2-1-3-13(14)17(18)19)9-20-12-6-4-10(8-16)5-7-12/h1-7H,8-9,16H2. The van der Waals surface area contributed by atoms with Crippen LogP contribution in [0, 0.1) is 15.9 Å². The summed E-state index contributed by atoms with van der Waals surface area (Å²) in [6, 6.07) is 11.1. The fourth-order valence-electron chi connectivity index (χ4n) is 1.70. The number of nitrogens with two attached hydrogens (primary N) is 1. The van der Waals surface area contributed by atoms with Crippen molar-refractivity contribution in [1.82, 2.24) is 0 Å². The maximum Gasteiger partial charge on any atom is 0.305 e. The highest BCUT2D eigenvalue weighted by Gasteiger charge is 2.17. The van der Waals surface area contributed by atoms with Gasteiger partial charge in [0.2, 0.25) is 5.82 Å². The first kappa shape index (κ1) is 14.0. The number of rotatable bonds is 5. The third-order valence-electron chi connectivity index (χ3n) is 2.81. The molecule has 0 aliphatic carbocycles. The lowest BCUT2D eigenvalue weighted by Crippen LogP contribution is -2.02. The summed E-state index contributed by atoms with van der Waals surface area (Å²) in [6.07, 6.45) is 0. The van der Waals surface area contributed by atoms with E-state index in [0.717, 1.165) is 11.6 Å². The van der Waals surface area contributed by atoms with Gasteiger partial charge in [0.1, 0.15) is 12.4 Å². The molecule has 0 saturated carbocycles. The van der Waals surface area contributed by atoms with E-state index in [1.54, 1.807) is 24.3 Å². The summed E-state index contributed by atoms with van der Waals surface area (Å²) in [5.41, 5.74) is 6.02. The Bertz CT molecular complexity index is 614. The first-order valence-corrected chi connectivity index (χ1v) is 5.95. The number of nitrogens with zero attached hydrogens (tertiary/aromatic N) is 1. The molecular formula is C14H13FN2O3. The normalized spacial score (nSPS) is 10.3. The van der Waals surface area contributed by atoms with Crippen LogP contribution in [0.2, 0.25) is 0 Å². The number of nitro groups is 1. The number of nitro benzene ring substituents is 1. The van der Waals surface area contributed by atoms with Crippen LogP contribution in [0.15, 0.2) is 42.5 Å². The Morgan fingerprint density at radius 2 is 1.90 bits per heavy atom. The zero-order chi connectivity index (χ0) is 14.5. The minimum Gasteiger partial charge on any atom is -0.489 e. The maximum atomic E-state index is 13.8. The molecule has 0 amide bonds. The number of ether oxygens (including phenoxy) is 1. The molecule has 0 aliphatic rings. The Kier molecular flexibility index (Phi) is 4.27. The third kappa shape index (κ3) is 3.10. The third-order valence-corrected chi connectivity index (χ3v) is 2.81. The fourth-order valence-corrected chi connectivity index (χ4v) is 1.70. The molecular weight excluding hydrogens is 263 g/mol. The van der Waals surface area contributed by atoms with E-state index in [1.165, 1.54) is 12.1 Å². The Morgan fingerprint density at radius 3 is 2.50 bits per heavy atom. The SMILES string of the molecule is NCc1ccc(OCc2cccc([N+](=O)[O-])c2F)cc1. The summed E-state index contributed by atoms with van der Waals surface area (Å²) < 4.78 is 19.2. The predicted molar refractivity (Wildman–Crippen MR) is 71.7 cm³/mol. The monoisotopic (exact) mass is 276 g/mol. The average Bonchev–Trinajstić information content (AvgIpc) is 2.46. The van der Waals surface area contributed by atoms with E-state index in [2.05, 4.69) is 0 Å². The molecule has 20 heavy (non-hydrogen) atoms. The Balaban J connectivity index is 2.10. The Labute approximate surface area is 114 Å². The summed E-state index contributed by atoms with van der Waals surface area (Å²) in [7, 11) is 0. The van der Waals surface area contributed by atoms with Gasteiger partial charge in [-0.05, 0) is 17.7 Å². The minimum atomic E-state index is -0.865. The van der Waals surface area contributed by atoms with Crippen molar-refractivity contribution < 1.29 is 14.1 Å². The summed E-state index contributed by atoms with van der Waals surface area (Å²) in [5.74, 6) is -0.316. The molecule has 6 heteroatoms. The summed E-state index contributed by atoms with van der Waals surface area (Å²) in [5, 5.41) is 10.6. The smallest absolute Gasteiger partial charge is 0.305 e. The van der Waals surface area contributed by atoms with Gasteiger partial charge in [0.25, 0.3) is 0 Å². The van der Waals surface area contributed by atoms with Crippen molar-refractivity contribution >= 4 is 5.69 Å². The number of benzene rings is 2. The van der Waals surface area contributed by atoms with Crippen LogP contribution < -0.4 is 10.5 Å². The highest BCUT2D eigenvalue weighted by Crippen LogP contribution is 2.22. The van der Waals surface area contributed by atoms with Crippen LogP contribution in [-0.2, 0) is 13.2 Å². The first-order chi connectivity index (χ1) is 9.61. The minimum absolute atomic E-state index is 0.0739. The Hall–Kier alpha value is -2.47. The Morgan fingerprint density at radius 1 is 1.20 bits per heavy atom. The molecule has 0 heterocycles. The van der Waals surface area contributed by atoms with E-state index in [9.17, 15) is 14.5 Å². The van der Waals surface area contributed by atoms with Gasteiger partial charge in [0.15, 0.2) is 0 Å². The molecule has 0 aromatic heterocycles. The van der Waals surface area contributed by atoms with Crippen LogP contribution in [0.3, 0.4) is 0 Å². The van der Waals surface area contributed by atoms with Gasteiger partial charge in [-0.3, -0.25) is 10.1 Å². The van der Waals surface area contributed by atoms with Gasteiger partial charge in [0.05, 0.1) is 4.92 Å². The molecule has 2 aromatic rings. The molecule has 0 spiro atoms. The van der Waals surface area contributed by atoms with Gasteiger partial charge in [0, 0.05) is 18.2 Å². The van der Waals surface area contributed by atoms with Crippen molar-refractivity contribution in [3.63, 3.8) is 0 Å². The van der Waals surface area contributed by atoms with Gasteiger partial charge >= 0.3 is 5.69 Å². The van der Waals surface area contributed by atoms with E-state index in [4.69, 9.17) is 10.5 Å². The van der Waals surface area contributed by atoms with Gasteiger partial charge in [-0.1, -0.05) is 24.3 Å². The summed E-state index contributed by atoms with van der Waals surface area (Å²) >= 11 is 0. The quantitative estimate of drug-likeness (QED) is 0.672. The van der Waals surface area contributed by atoms with E-state index >= 15 is 0 Å². The van der Waals surface area contributed by atoms with Crippen LogP contribution in [0.4, 0.5) is 10.1 Å². The molecule has 0 atom stereocenters. The molecule has 0 fully saturated rings. The second kappa shape index (κ2) is 6.12. The molecule has 5 nitrogen and oxygen atoms in total. The molecule has 0 unspecified atom stereocenters. The van der Waals surface area contributed by atoms with Crippen molar-refractivity contribution in [3.05, 3.63) is 69.5 Å². The molecule has 104 valence electrons. The average molecular weight is 276 g/mol. The van der Waals surface area contributed by atoms with E-state index in [0.29, 0.717) is 12.3 Å². The summed E-state index contributed by atoms with van der Waals surface area (Å²) in [4.78, 5) is 9.88. The molecule has 2 aromatic carbocycles. The number of hydrogen-bond donors (Lipinski definition) is 1. The number of hydrogen-bond acceptors (Lipinski definition) is 4. The number of halogens is 1. The molecule has 0 bridgehead atoms. The molecule has 2 rings (SSSR count). The van der Waals surface area contributed by atoms with Crippen LogP contribution >= 0.6 is 0 Å².